The predicted octanol–water partition coefficient (Wildman–Crippen LogP) is 2.94. The van der Waals surface area contributed by atoms with E-state index in [9.17, 15) is 18.0 Å². The zero-order chi connectivity index (χ0) is 30.3. The minimum Gasteiger partial charge on any atom is -0.475 e. The molecule has 2 fully saturated rings. The Morgan fingerprint density at radius 2 is 1.81 bits per heavy atom. The lowest BCUT2D eigenvalue weighted by molar-refractivity contribution is -0.192. The van der Waals surface area contributed by atoms with Crippen LogP contribution in [0, 0.1) is 0 Å². The highest BCUT2D eigenvalue weighted by molar-refractivity contribution is 5.90. The molecule has 4 aromatic rings. The highest BCUT2D eigenvalue weighted by Crippen LogP contribution is 2.46. The molecule has 42 heavy (non-hydrogen) atoms. The van der Waals surface area contributed by atoms with Gasteiger partial charge in [0.2, 0.25) is 5.89 Å². The first-order valence-electron chi connectivity index (χ1n) is 13.0. The average Bonchev–Trinajstić information content (AvgIpc) is 3.37. The normalized spacial score (nSPS) is 17.4. The maximum Gasteiger partial charge on any atom is 0.490 e. The van der Waals surface area contributed by atoms with Gasteiger partial charge in [-0.3, -0.25) is 9.48 Å². The summed E-state index contributed by atoms with van der Waals surface area (Å²) in [4.78, 5) is 32.5. The number of hydrogen-bond donors (Lipinski definition) is 2. The van der Waals surface area contributed by atoms with Crippen molar-refractivity contribution in [2.24, 2.45) is 7.05 Å². The molecule has 0 radical (unpaired) electrons. The maximum atomic E-state index is 15.6. The second kappa shape index (κ2) is 10.7. The lowest BCUT2D eigenvalue weighted by atomic mass is 9.93. The van der Waals surface area contributed by atoms with Crippen LogP contribution in [0.2, 0.25) is 0 Å². The number of carbonyl (C=O) groups excluding carboxylic acids is 1. The number of nitrogens with one attached hydrogen (secondary N) is 1. The van der Waals surface area contributed by atoms with E-state index in [4.69, 9.17) is 19.4 Å². The van der Waals surface area contributed by atoms with Crippen molar-refractivity contribution in [3.05, 3.63) is 42.6 Å². The van der Waals surface area contributed by atoms with Gasteiger partial charge >= 0.3 is 12.1 Å². The molecule has 1 saturated carbocycles. The van der Waals surface area contributed by atoms with Gasteiger partial charge < -0.3 is 19.8 Å². The second-order valence-corrected chi connectivity index (χ2v) is 10.6. The molecule has 2 N–H and O–H groups in total. The van der Waals surface area contributed by atoms with Crippen molar-refractivity contribution in [3.8, 4) is 11.3 Å². The number of piperidine rings is 1. The van der Waals surface area contributed by atoms with E-state index in [2.05, 4.69) is 30.6 Å². The van der Waals surface area contributed by atoms with Crippen molar-refractivity contribution in [2.45, 2.75) is 49.9 Å². The van der Waals surface area contributed by atoms with E-state index in [1.165, 1.54) is 0 Å². The Kier molecular flexibility index (Phi) is 7.36. The van der Waals surface area contributed by atoms with E-state index in [0.717, 1.165) is 35.4 Å². The van der Waals surface area contributed by atoms with Crippen LogP contribution in [0.5, 0.6) is 0 Å². The molecule has 1 amide bonds. The molecule has 0 bridgehead atoms. The van der Waals surface area contributed by atoms with Crippen molar-refractivity contribution in [1.29, 1.82) is 0 Å². The minimum absolute atomic E-state index is 0.0475. The number of carboxylic acid groups (broad SMARTS) is 1. The molecule has 17 heteroatoms. The number of halogens is 4. The minimum atomic E-state index is -5.08. The highest BCUT2D eigenvalue weighted by atomic mass is 19.4. The fraction of sp³-hybridized carbons (Fsp3) is 0.480. The molecule has 2 aliphatic rings. The molecule has 1 aliphatic carbocycles. The smallest absolute Gasteiger partial charge is 0.475 e. The number of nitrogens with zero attached hydrogens (tertiary/aromatic N) is 8. The lowest BCUT2D eigenvalue weighted by Gasteiger charge is -2.37. The molecule has 0 aromatic carbocycles. The Bertz CT molecular complexity index is 1600. The van der Waals surface area contributed by atoms with Gasteiger partial charge in [0.15, 0.2) is 5.82 Å². The van der Waals surface area contributed by atoms with Crippen LogP contribution in [-0.2, 0) is 17.3 Å². The Morgan fingerprint density at radius 3 is 2.40 bits per heavy atom. The number of aromatic nitrogens is 7. The van der Waals surface area contributed by atoms with Crippen molar-refractivity contribution in [1.82, 2.24) is 39.8 Å². The van der Waals surface area contributed by atoms with Gasteiger partial charge in [0, 0.05) is 50.2 Å². The SMILES string of the molecule is Cn1cc(-c2cn3nccc3c(N3CCC(F)(CNC(=O)c4noc(C5(C)CC5)n4)CC3)n2)cn1.O=C(O)C(F)(F)F. The van der Waals surface area contributed by atoms with E-state index in [1.54, 1.807) is 21.6 Å². The van der Waals surface area contributed by atoms with Crippen LogP contribution < -0.4 is 10.2 Å². The van der Waals surface area contributed by atoms with Crippen molar-refractivity contribution in [3.63, 3.8) is 0 Å². The summed E-state index contributed by atoms with van der Waals surface area (Å²) < 4.78 is 56.0. The zero-order valence-corrected chi connectivity index (χ0v) is 22.6. The molecule has 6 rings (SSSR count). The van der Waals surface area contributed by atoms with Crippen LogP contribution in [0.15, 0.2) is 35.4 Å². The summed E-state index contributed by atoms with van der Waals surface area (Å²) >= 11 is 0. The number of fused-ring (bicyclic) bond motifs is 1. The summed E-state index contributed by atoms with van der Waals surface area (Å²) in [6.45, 7) is 2.83. The number of aliphatic carboxylic acids is 1. The van der Waals surface area contributed by atoms with Gasteiger partial charge in [-0.15, -0.1) is 0 Å². The molecular formula is C25H27F4N9O4. The fourth-order valence-corrected chi connectivity index (χ4v) is 4.41. The van der Waals surface area contributed by atoms with Crippen LogP contribution in [0.1, 0.15) is 49.1 Å². The monoisotopic (exact) mass is 593 g/mol. The van der Waals surface area contributed by atoms with E-state index in [0.29, 0.717) is 19.0 Å². The van der Waals surface area contributed by atoms with E-state index in [1.807, 2.05) is 32.4 Å². The maximum absolute atomic E-state index is 15.6. The third kappa shape index (κ3) is 6.18. The Labute approximate surface area is 235 Å². The number of hydrogen-bond acceptors (Lipinski definition) is 9. The van der Waals surface area contributed by atoms with Gasteiger partial charge in [-0.25, -0.2) is 18.7 Å². The van der Waals surface area contributed by atoms with Crippen molar-refractivity contribution < 1.29 is 36.8 Å². The summed E-state index contributed by atoms with van der Waals surface area (Å²) in [6.07, 6.45) is 4.58. The first-order valence-corrected chi connectivity index (χ1v) is 13.0. The van der Waals surface area contributed by atoms with Gasteiger partial charge in [-0.1, -0.05) is 12.1 Å². The van der Waals surface area contributed by atoms with Gasteiger partial charge in [0.25, 0.3) is 11.7 Å². The predicted molar refractivity (Wildman–Crippen MR) is 137 cm³/mol. The van der Waals surface area contributed by atoms with Crippen LogP contribution in [-0.4, -0.2) is 83.0 Å². The van der Waals surface area contributed by atoms with Crippen molar-refractivity contribution in [2.75, 3.05) is 24.5 Å². The van der Waals surface area contributed by atoms with E-state index >= 15 is 4.39 Å². The molecule has 5 heterocycles. The molecule has 0 unspecified atom stereocenters. The van der Waals surface area contributed by atoms with Gasteiger partial charge in [0.1, 0.15) is 11.2 Å². The third-order valence-electron chi connectivity index (χ3n) is 7.28. The summed E-state index contributed by atoms with van der Waals surface area (Å²) in [6, 6.07) is 1.90. The number of aryl methyl sites for hydroxylation is 1. The largest absolute Gasteiger partial charge is 0.490 e. The molecule has 224 valence electrons. The Hall–Kier alpha value is -4.57. The van der Waals surface area contributed by atoms with E-state index < -0.39 is 23.7 Å². The topological polar surface area (TPSA) is 157 Å². The Balaban J connectivity index is 0.000000451. The average molecular weight is 594 g/mol. The first-order chi connectivity index (χ1) is 19.8. The summed E-state index contributed by atoms with van der Waals surface area (Å²) in [7, 11) is 1.85. The summed E-state index contributed by atoms with van der Waals surface area (Å²) in [5, 5.41) is 22.1. The number of anilines is 1. The third-order valence-corrected chi connectivity index (χ3v) is 7.28. The number of alkyl halides is 4. The van der Waals surface area contributed by atoms with Crippen LogP contribution in [0.25, 0.3) is 16.8 Å². The van der Waals surface area contributed by atoms with Gasteiger partial charge in [-0.2, -0.15) is 28.4 Å². The number of rotatable bonds is 6. The van der Waals surface area contributed by atoms with Crippen LogP contribution in [0.4, 0.5) is 23.4 Å². The van der Waals surface area contributed by atoms with Gasteiger partial charge in [0.05, 0.1) is 30.8 Å². The van der Waals surface area contributed by atoms with E-state index in [-0.39, 0.29) is 30.6 Å². The molecule has 4 aromatic heterocycles. The molecule has 1 saturated heterocycles. The number of carboxylic acids is 1. The molecule has 0 atom stereocenters. The molecule has 1 aliphatic heterocycles. The molecule has 13 nitrogen and oxygen atoms in total. The quantitative estimate of drug-likeness (QED) is 0.319. The van der Waals surface area contributed by atoms with Crippen LogP contribution >= 0.6 is 0 Å². The van der Waals surface area contributed by atoms with Gasteiger partial charge in [-0.05, 0) is 18.9 Å². The summed E-state index contributed by atoms with van der Waals surface area (Å²) in [5.74, 6) is -2.10. The Morgan fingerprint density at radius 1 is 1.12 bits per heavy atom. The second-order valence-electron chi connectivity index (χ2n) is 10.6. The zero-order valence-electron chi connectivity index (χ0n) is 22.6. The summed E-state index contributed by atoms with van der Waals surface area (Å²) in [5.41, 5.74) is 0.829. The standard InChI is InChI=1S/C23H26FN9O2.C2HF3O2/c1-22(4-5-22)21-29-18(30-35-21)20(34)25-14-23(24)6-9-32(10-7-23)19-17-3-8-26-33(17)13-16(28-19)15-11-27-31(2)12-15;3-2(4,5)1(6)7/h3,8,11-13H,4-7,9-10,14H2,1-2H3,(H,25,34);(H,6,7). The molecular weight excluding hydrogens is 566 g/mol. The lowest BCUT2D eigenvalue weighted by Crippen LogP contribution is -2.48. The first kappa shape index (κ1) is 28.9. The van der Waals surface area contributed by atoms with Crippen molar-refractivity contribution >= 4 is 23.2 Å². The number of amides is 1. The fourth-order valence-electron chi connectivity index (χ4n) is 4.41. The number of carbonyl (C=O) groups is 2. The molecule has 0 spiro atoms. The van der Waals surface area contributed by atoms with Crippen LogP contribution in [0.3, 0.4) is 0 Å². The highest BCUT2D eigenvalue weighted by Gasteiger charge is 2.45.